The largest absolute Gasteiger partial charge is 0.493 e. The molecule has 1 aromatic carbocycles. The van der Waals surface area contributed by atoms with E-state index in [2.05, 4.69) is 14.6 Å². The van der Waals surface area contributed by atoms with Crippen molar-refractivity contribution in [1.29, 1.82) is 0 Å². The van der Waals surface area contributed by atoms with Gasteiger partial charge in [-0.25, -0.2) is 19.1 Å². The van der Waals surface area contributed by atoms with Gasteiger partial charge in [-0.1, -0.05) is 19.9 Å². The number of carbonyl (C=O) groups excluding carboxylic acids is 1. The van der Waals surface area contributed by atoms with Gasteiger partial charge in [-0.3, -0.25) is 4.79 Å². The smallest absolute Gasteiger partial charge is 0.281 e. The van der Waals surface area contributed by atoms with Crippen molar-refractivity contribution < 1.29 is 22.3 Å². The Balaban J connectivity index is 1.52. The molecule has 1 aliphatic carbocycles. The van der Waals surface area contributed by atoms with E-state index in [9.17, 15) is 17.6 Å². The van der Waals surface area contributed by atoms with E-state index in [1.807, 2.05) is 13.8 Å². The van der Waals surface area contributed by atoms with Crippen molar-refractivity contribution in [2.75, 3.05) is 23.8 Å². The van der Waals surface area contributed by atoms with Crippen LogP contribution in [0.3, 0.4) is 0 Å². The zero-order chi connectivity index (χ0) is 27.7. The number of amides is 1. The molecule has 1 amide bonds. The Morgan fingerprint density at radius 3 is 2.56 bits per heavy atom. The van der Waals surface area contributed by atoms with Crippen LogP contribution in [0.15, 0.2) is 53.6 Å². The van der Waals surface area contributed by atoms with Gasteiger partial charge in [-0.2, -0.15) is 8.42 Å². The van der Waals surface area contributed by atoms with Gasteiger partial charge in [-0.05, 0) is 73.9 Å². The number of nitrogens with two attached hydrogens (primary N) is 1. The molecule has 0 unspecified atom stereocenters. The van der Waals surface area contributed by atoms with Crippen LogP contribution < -0.4 is 20.1 Å². The van der Waals surface area contributed by atoms with Gasteiger partial charge in [0, 0.05) is 24.2 Å². The van der Waals surface area contributed by atoms with Crippen molar-refractivity contribution in [2.24, 2.45) is 11.8 Å². The molecule has 3 fully saturated rings. The Kier molecular flexibility index (Phi) is 7.44. The summed E-state index contributed by atoms with van der Waals surface area (Å²) in [5.41, 5.74) is 6.71. The van der Waals surface area contributed by atoms with E-state index < -0.39 is 21.7 Å². The number of ether oxygens (including phenoxy) is 1. The number of piperidine rings is 2. The van der Waals surface area contributed by atoms with E-state index in [0.29, 0.717) is 35.3 Å². The van der Waals surface area contributed by atoms with Gasteiger partial charge in [0.1, 0.15) is 23.2 Å². The number of sulfonamides is 1. The van der Waals surface area contributed by atoms with Crippen LogP contribution in [0.4, 0.5) is 16.0 Å². The van der Waals surface area contributed by atoms with Gasteiger partial charge < -0.3 is 15.4 Å². The molecule has 1 saturated carbocycles. The third-order valence-electron chi connectivity index (χ3n) is 7.10. The second-order valence-corrected chi connectivity index (χ2v) is 12.2. The number of nitrogens with one attached hydrogen (secondary N) is 1. The molecule has 6 rings (SSSR count). The predicted molar refractivity (Wildman–Crippen MR) is 146 cm³/mol. The molecule has 2 aliphatic heterocycles. The standard InChI is InChI=1S/C28H32FN5O4S/c1-17(2)16-38-22-13-19(12-20(29)14-22)24-11-10-23(27(31-24)34-15-18-6-8-21(34)9-7-18)28(35)33-39(36,37)26-5-3-4-25(30)32-26/h3-5,10-14,17-18,21H,6-9,15-16H2,1-2H3,(H2,30,32)(H,33,35). The minimum atomic E-state index is -4.28. The minimum Gasteiger partial charge on any atom is -0.493 e. The molecule has 39 heavy (non-hydrogen) atoms. The first-order valence-corrected chi connectivity index (χ1v) is 14.6. The topological polar surface area (TPSA) is 128 Å². The lowest BCUT2D eigenvalue weighted by molar-refractivity contribution is 0.0981. The lowest BCUT2D eigenvalue weighted by atomic mass is 9.80. The number of hydrogen-bond donors (Lipinski definition) is 2. The van der Waals surface area contributed by atoms with Gasteiger partial charge in [-0.15, -0.1) is 0 Å². The normalized spacial score (nSPS) is 18.8. The average molecular weight is 554 g/mol. The number of benzene rings is 1. The summed E-state index contributed by atoms with van der Waals surface area (Å²) in [6.07, 6.45) is 4.16. The molecule has 0 atom stereocenters. The molecular formula is C28H32FN5O4S. The van der Waals surface area contributed by atoms with Gasteiger partial charge >= 0.3 is 0 Å². The SMILES string of the molecule is CC(C)COc1cc(F)cc(-c2ccc(C(=O)NS(=O)(=O)c3cccc(N)n3)c(N3CC4CCC3CC4)n2)c1. The maximum absolute atomic E-state index is 14.5. The number of nitrogens with zero attached hydrogens (tertiary/aromatic N) is 3. The van der Waals surface area contributed by atoms with E-state index in [4.69, 9.17) is 15.5 Å². The number of pyridine rings is 2. The highest BCUT2D eigenvalue weighted by molar-refractivity contribution is 7.90. The van der Waals surface area contributed by atoms with Crippen LogP contribution in [0.1, 0.15) is 49.9 Å². The van der Waals surface area contributed by atoms with E-state index in [1.165, 1.54) is 36.4 Å². The third kappa shape index (κ3) is 5.98. The number of aromatic nitrogens is 2. The van der Waals surface area contributed by atoms with E-state index in [0.717, 1.165) is 32.2 Å². The Labute approximate surface area is 227 Å². The quantitative estimate of drug-likeness (QED) is 0.420. The molecule has 206 valence electrons. The highest BCUT2D eigenvalue weighted by Crippen LogP contribution is 2.39. The number of fused-ring (bicyclic) bond motifs is 3. The first kappa shape index (κ1) is 26.9. The number of halogens is 1. The molecule has 2 aromatic heterocycles. The van der Waals surface area contributed by atoms with E-state index in [1.54, 1.807) is 12.1 Å². The predicted octanol–water partition coefficient (Wildman–Crippen LogP) is 4.40. The van der Waals surface area contributed by atoms with Crippen LogP contribution in [0.5, 0.6) is 5.75 Å². The molecule has 2 bridgehead atoms. The first-order valence-electron chi connectivity index (χ1n) is 13.1. The summed E-state index contributed by atoms with van der Waals surface area (Å²) in [5.74, 6) is 0.248. The van der Waals surface area contributed by atoms with Crippen molar-refractivity contribution in [3.05, 3.63) is 59.9 Å². The molecule has 0 radical (unpaired) electrons. The average Bonchev–Trinajstić information content (AvgIpc) is 2.91. The number of carbonyl (C=O) groups is 1. The lowest BCUT2D eigenvalue weighted by Gasteiger charge is -2.46. The fraction of sp³-hybridized carbons (Fsp3) is 0.393. The molecule has 0 spiro atoms. The summed E-state index contributed by atoms with van der Waals surface area (Å²) < 4.78 is 48.2. The van der Waals surface area contributed by atoms with Crippen LogP contribution in [0.2, 0.25) is 0 Å². The van der Waals surface area contributed by atoms with Gasteiger partial charge in [0.05, 0.1) is 17.9 Å². The van der Waals surface area contributed by atoms with E-state index >= 15 is 0 Å². The van der Waals surface area contributed by atoms with Gasteiger partial charge in [0.15, 0.2) is 5.03 Å². The van der Waals surface area contributed by atoms with Crippen molar-refractivity contribution in [3.63, 3.8) is 0 Å². The fourth-order valence-corrected chi connectivity index (χ4v) is 6.14. The molecule has 3 aliphatic rings. The lowest BCUT2D eigenvalue weighted by Crippen LogP contribution is -2.49. The summed E-state index contributed by atoms with van der Waals surface area (Å²) in [6.45, 7) is 5.17. The van der Waals surface area contributed by atoms with Crippen molar-refractivity contribution in [3.8, 4) is 17.0 Å². The molecule has 4 heterocycles. The second-order valence-electron chi connectivity index (χ2n) is 10.6. The van der Waals surface area contributed by atoms with Crippen molar-refractivity contribution in [1.82, 2.24) is 14.7 Å². The second kappa shape index (κ2) is 10.8. The van der Waals surface area contributed by atoms with Crippen LogP contribution in [-0.2, 0) is 10.0 Å². The Morgan fingerprint density at radius 2 is 1.90 bits per heavy atom. The zero-order valence-corrected chi connectivity index (χ0v) is 22.7. The number of rotatable bonds is 8. The number of hydrogen-bond acceptors (Lipinski definition) is 8. The monoisotopic (exact) mass is 553 g/mol. The maximum atomic E-state index is 14.5. The number of anilines is 2. The fourth-order valence-electron chi connectivity index (χ4n) is 5.20. The summed E-state index contributed by atoms with van der Waals surface area (Å²) in [5, 5.41) is -0.354. The Bertz CT molecular complexity index is 1490. The highest BCUT2D eigenvalue weighted by atomic mass is 32.2. The molecule has 3 N–H and O–H groups in total. The van der Waals surface area contributed by atoms with Gasteiger partial charge in [0.2, 0.25) is 0 Å². The van der Waals surface area contributed by atoms with Crippen LogP contribution in [0.25, 0.3) is 11.3 Å². The highest BCUT2D eigenvalue weighted by Gasteiger charge is 2.36. The van der Waals surface area contributed by atoms with Crippen molar-refractivity contribution in [2.45, 2.75) is 50.6 Å². The first-order chi connectivity index (χ1) is 18.6. The summed E-state index contributed by atoms with van der Waals surface area (Å²) >= 11 is 0. The van der Waals surface area contributed by atoms with Crippen LogP contribution in [0, 0.1) is 17.7 Å². The Morgan fingerprint density at radius 1 is 1.13 bits per heavy atom. The van der Waals surface area contributed by atoms with E-state index in [-0.39, 0.29) is 28.4 Å². The summed E-state index contributed by atoms with van der Waals surface area (Å²) in [7, 11) is -4.28. The van der Waals surface area contributed by atoms with Crippen LogP contribution >= 0.6 is 0 Å². The van der Waals surface area contributed by atoms with Crippen molar-refractivity contribution >= 4 is 27.6 Å². The third-order valence-corrected chi connectivity index (χ3v) is 8.33. The molecular weight excluding hydrogens is 521 g/mol. The van der Waals surface area contributed by atoms with Gasteiger partial charge in [0.25, 0.3) is 15.9 Å². The van der Waals surface area contributed by atoms with Crippen LogP contribution in [-0.4, -0.2) is 43.5 Å². The Hall–Kier alpha value is -3.73. The summed E-state index contributed by atoms with van der Waals surface area (Å²) in [4.78, 5) is 24.1. The molecule has 2 saturated heterocycles. The summed E-state index contributed by atoms with van der Waals surface area (Å²) in [6, 6.07) is 11.9. The molecule has 3 aromatic rings. The molecule has 9 nitrogen and oxygen atoms in total. The number of nitrogen functional groups attached to an aromatic ring is 1. The molecule has 11 heteroatoms. The maximum Gasteiger partial charge on any atom is 0.281 e. The minimum absolute atomic E-state index is 0.0215. The zero-order valence-electron chi connectivity index (χ0n) is 21.9.